The largest absolute Gasteiger partial charge is 0.491 e. The molecule has 1 aromatic rings. The van der Waals surface area contributed by atoms with Crippen LogP contribution in [0.3, 0.4) is 0 Å². The van der Waals surface area contributed by atoms with E-state index < -0.39 is 0 Å². The number of amides is 4. The fourth-order valence-corrected chi connectivity index (χ4v) is 4.89. The predicted octanol–water partition coefficient (Wildman–Crippen LogP) is 3.49. The topological polar surface area (TPSA) is 100 Å². The van der Waals surface area contributed by atoms with Crippen LogP contribution >= 0.6 is 0 Å². The number of nitrogens with zero attached hydrogens (tertiary/aromatic N) is 2. The van der Waals surface area contributed by atoms with Crippen molar-refractivity contribution in [3.63, 3.8) is 0 Å². The Morgan fingerprint density at radius 1 is 1.11 bits per heavy atom. The van der Waals surface area contributed by atoms with Crippen LogP contribution in [0.1, 0.15) is 63.2 Å². The maximum absolute atomic E-state index is 13.4. The fourth-order valence-electron chi connectivity index (χ4n) is 4.89. The Bertz CT molecular complexity index is 902. The number of hydrogen-bond acceptors (Lipinski definition) is 5. The molecule has 1 saturated carbocycles. The quantitative estimate of drug-likeness (QED) is 0.678. The number of carbonyl (C=O) groups excluding carboxylic acids is 3. The molecular formula is C26H40N4O5. The van der Waals surface area contributed by atoms with Gasteiger partial charge in [-0.05, 0) is 38.0 Å². The van der Waals surface area contributed by atoms with E-state index in [1.165, 1.54) is 6.42 Å². The highest BCUT2D eigenvalue weighted by Crippen LogP contribution is 2.27. The van der Waals surface area contributed by atoms with Gasteiger partial charge in [0.2, 0.25) is 5.91 Å². The van der Waals surface area contributed by atoms with Crippen LogP contribution in [0.5, 0.6) is 5.75 Å². The molecule has 0 unspecified atom stereocenters. The zero-order chi connectivity index (χ0) is 25.5. The summed E-state index contributed by atoms with van der Waals surface area (Å²) in [5, 5.41) is 5.90. The van der Waals surface area contributed by atoms with Crippen molar-refractivity contribution in [2.45, 2.75) is 71.1 Å². The van der Waals surface area contributed by atoms with Gasteiger partial charge < -0.3 is 29.9 Å². The van der Waals surface area contributed by atoms with Gasteiger partial charge in [-0.3, -0.25) is 9.59 Å². The van der Waals surface area contributed by atoms with Crippen LogP contribution in [-0.2, 0) is 9.53 Å². The van der Waals surface area contributed by atoms with Crippen LogP contribution in [0.25, 0.3) is 0 Å². The number of urea groups is 1. The van der Waals surface area contributed by atoms with Crippen molar-refractivity contribution in [1.29, 1.82) is 0 Å². The molecule has 9 nitrogen and oxygen atoms in total. The van der Waals surface area contributed by atoms with E-state index in [1.54, 1.807) is 49.1 Å². The highest BCUT2D eigenvalue weighted by atomic mass is 16.5. The van der Waals surface area contributed by atoms with E-state index in [4.69, 9.17) is 9.47 Å². The van der Waals surface area contributed by atoms with Crippen LogP contribution in [0, 0.1) is 5.92 Å². The van der Waals surface area contributed by atoms with Crippen LogP contribution < -0.4 is 15.4 Å². The van der Waals surface area contributed by atoms with Gasteiger partial charge in [0, 0.05) is 51.8 Å². The highest BCUT2D eigenvalue weighted by Gasteiger charge is 2.29. The molecule has 9 heteroatoms. The first kappa shape index (κ1) is 26.8. The maximum atomic E-state index is 13.4. The van der Waals surface area contributed by atoms with Crippen LogP contribution in [0.4, 0.5) is 10.5 Å². The number of nitrogens with one attached hydrogen (secondary N) is 2. The molecule has 0 radical (unpaired) electrons. The zero-order valence-corrected chi connectivity index (χ0v) is 21.6. The first-order chi connectivity index (χ1) is 16.7. The summed E-state index contributed by atoms with van der Waals surface area (Å²) >= 11 is 0. The molecule has 1 aliphatic heterocycles. The first-order valence-electron chi connectivity index (χ1n) is 12.6. The second-order valence-corrected chi connectivity index (χ2v) is 9.91. The van der Waals surface area contributed by atoms with Crippen molar-refractivity contribution in [2.75, 3.05) is 39.2 Å². The average molecular weight is 489 g/mol. The molecule has 1 heterocycles. The minimum absolute atomic E-state index is 0.0111. The van der Waals surface area contributed by atoms with Gasteiger partial charge >= 0.3 is 6.03 Å². The molecule has 1 aromatic carbocycles. The molecule has 2 aliphatic rings. The molecular weight excluding hydrogens is 448 g/mol. The standard InChI is InChI=1S/C26H40N4O5/c1-17-14-30(19(3)31)18(2)16-35-23-12-11-21(28-26(33)27-20-9-7-6-8-10-20)13-22(23)25(32)29(4)15-24(17)34-5/h11-13,17-18,20,24H,6-10,14-16H2,1-5H3,(H2,27,28,33)/t17-,18-,24-/m1/s1. The summed E-state index contributed by atoms with van der Waals surface area (Å²) in [4.78, 5) is 41.7. The first-order valence-corrected chi connectivity index (χ1v) is 12.6. The number of fused-ring (bicyclic) bond motifs is 1. The van der Waals surface area contributed by atoms with Gasteiger partial charge in [-0.1, -0.05) is 26.2 Å². The Hall–Kier alpha value is -2.81. The summed E-state index contributed by atoms with van der Waals surface area (Å²) in [5.41, 5.74) is 0.872. The normalized spacial score (nSPS) is 24.5. The third-order valence-electron chi connectivity index (χ3n) is 7.05. The van der Waals surface area contributed by atoms with E-state index >= 15 is 0 Å². The molecule has 1 fully saturated rings. The third kappa shape index (κ3) is 7.10. The summed E-state index contributed by atoms with van der Waals surface area (Å²) in [6.07, 6.45) is 5.20. The lowest BCUT2D eigenvalue weighted by Crippen LogP contribution is -2.48. The number of rotatable bonds is 3. The molecule has 4 amide bonds. The summed E-state index contributed by atoms with van der Waals surface area (Å²) in [6, 6.07) is 4.80. The molecule has 35 heavy (non-hydrogen) atoms. The number of likely N-dealkylation sites (N-methyl/N-ethyl adjacent to an activating group) is 1. The molecule has 3 rings (SSSR count). The second-order valence-electron chi connectivity index (χ2n) is 9.91. The number of anilines is 1. The van der Waals surface area contributed by atoms with E-state index in [2.05, 4.69) is 10.6 Å². The highest BCUT2D eigenvalue weighted by molar-refractivity contribution is 5.99. The Morgan fingerprint density at radius 2 is 1.83 bits per heavy atom. The van der Waals surface area contributed by atoms with E-state index in [9.17, 15) is 14.4 Å². The van der Waals surface area contributed by atoms with Crippen molar-refractivity contribution < 1.29 is 23.9 Å². The molecule has 194 valence electrons. The molecule has 2 N–H and O–H groups in total. The molecule has 0 bridgehead atoms. The summed E-state index contributed by atoms with van der Waals surface area (Å²) in [7, 11) is 3.34. The van der Waals surface area contributed by atoms with Gasteiger partial charge in [-0.15, -0.1) is 0 Å². The lowest BCUT2D eigenvalue weighted by atomic mass is 9.96. The van der Waals surface area contributed by atoms with Gasteiger partial charge in [0.1, 0.15) is 12.4 Å². The monoisotopic (exact) mass is 488 g/mol. The van der Waals surface area contributed by atoms with Crippen molar-refractivity contribution in [1.82, 2.24) is 15.1 Å². The van der Waals surface area contributed by atoms with Crippen molar-refractivity contribution in [3.05, 3.63) is 23.8 Å². The van der Waals surface area contributed by atoms with Crippen molar-refractivity contribution in [2.24, 2.45) is 5.92 Å². The van der Waals surface area contributed by atoms with Crippen molar-refractivity contribution in [3.8, 4) is 5.75 Å². The lowest BCUT2D eigenvalue weighted by molar-refractivity contribution is -0.133. The smallest absolute Gasteiger partial charge is 0.319 e. The average Bonchev–Trinajstić information content (AvgIpc) is 2.83. The molecule has 0 spiro atoms. The van der Waals surface area contributed by atoms with Crippen LogP contribution in [0.15, 0.2) is 18.2 Å². The van der Waals surface area contributed by atoms with Gasteiger partial charge in [-0.25, -0.2) is 4.79 Å². The molecule has 0 saturated heterocycles. The van der Waals surface area contributed by atoms with Crippen molar-refractivity contribution >= 4 is 23.5 Å². The third-order valence-corrected chi connectivity index (χ3v) is 7.05. The number of carbonyl (C=O) groups is 3. The zero-order valence-electron chi connectivity index (χ0n) is 21.6. The van der Waals surface area contributed by atoms with Crippen LogP contribution in [-0.4, -0.2) is 79.7 Å². The molecule has 0 aromatic heterocycles. The SMILES string of the molecule is CO[C@@H]1CN(C)C(=O)c2cc(NC(=O)NC3CCCCC3)ccc2OC[C@@H](C)N(C(C)=O)C[C@H]1C. The van der Waals surface area contributed by atoms with E-state index in [-0.39, 0.29) is 48.6 Å². The Labute approximate surface area is 208 Å². The number of methoxy groups -OCH3 is 1. The number of benzene rings is 1. The van der Waals surface area contributed by atoms with Gasteiger partial charge in [0.25, 0.3) is 5.91 Å². The van der Waals surface area contributed by atoms with Crippen LogP contribution in [0.2, 0.25) is 0 Å². The number of hydrogen-bond donors (Lipinski definition) is 2. The Balaban J connectivity index is 1.84. The summed E-state index contributed by atoms with van der Waals surface area (Å²) < 4.78 is 11.7. The Morgan fingerprint density at radius 3 is 2.49 bits per heavy atom. The molecule has 3 atom stereocenters. The summed E-state index contributed by atoms with van der Waals surface area (Å²) in [6.45, 7) is 6.60. The lowest BCUT2D eigenvalue weighted by Gasteiger charge is -2.35. The van der Waals surface area contributed by atoms with Gasteiger partial charge in [-0.2, -0.15) is 0 Å². The van der Waals surface area contributed by atoms with E-state index in [0.717, 1.165) is 25.7 Å². The maximum Gasteiger partial charge on any atom is 0.319 e. The summed E-state index contributed by atoms with van der Waals surface area (Å²) in [5.74, 6) is 0.172. The minimum Gasteiger partial charge on any atom is -0.491 e. The Kier molecular flexibility index (Phi) is 9.37. The predicted molar refractivity (Wildman–Crippen MR) is 135 cm³/mol. The van der Waals surface area contributed by atoms with Gasteiger partial charge in [0.05, 0.1) is 17.7 Å². The second kappa shape index (κ2) is 12.2. The van der Waals surface area contributed by atoms with E-state index in [0.29, 0.717) is 30.1 Å². The van der Waals surface area contributed by atoms with E-state index in [1.807, 2.05) is 13.8 Å². The number of ether oxygens (including phenoxy) is 2. The van der Waals surface area contributed by atoms with Gasteiger partial charge in [0.15, 0.2) is 0 Å². The minimum atomic E-state index is -0.272. The fraction of sp³-hybridized carbons (Fsp3) is 0.654. The molecule has 1 aliphatic carbocycles.